The fourth-order valence-corrected chi connectivity index (χ4v) is 1.28. The first-order chi connectivity index (χ1) is 5.74. The minimum Gasteiger partial charge on any atom is -0.392 e. The Balaban J connectivity index is 2.91. The van der Waals surface area contributed by atoms with E-state index >= 15 is 0 Å². The van der Waals surface area contributed by atoms with Gasteiger partial charge < -0.3 is 5.11 Å². The number of allylic oxidation sites excluding steroid dienone is 5. The Labute approximate surface area is 74.1 Å². The predicted molar refractivity (Wildman–Crippen MR) is 51.9 cm³/mol. The zero-order valence-corrected chi connectivity index (χ0v) is 7.80. The second kappa shape index (κ2) is 4.27. The summed E-state index contributed by atoms with van der Waals surface area (Å²) >= 11 is 0. The zero-order chi connectivity index (χ0) is 8.97. The SMILES string of the molecule is CC1=C(C)/C=C(/CO)CC/C=C\1. The lowest BCUT2D eigenvalue weighted by atomic mass is 10.0. The Morgan fingerprint density at radius 1 is 1.33 bits per heavy atom. The molecule has 0 radical (unpaired) electrons. The monoisotopic (exact) mass is 164 g/mol. The fraction of sp³-hybridized carbons (Fsp3) is 0.455. The van der Waals surface area contributed by atoms with Gasteiger partial charge in [-0.3, -0.25) is 0 Å². The molecule has 0 aromatic rings. The summed E-state index contributed by atoms with van der Waals surface area (Å²) in [5, 5.41) is 9.00. The van der Waals surface area contributed by atoms with E-state index in [0.29, 0.717) is 0 Å². The molecule has 0 bridgehead atoms. The molecule has 0 fully saturated rings. The number of aliphatic hydroxyl groups excluding tert-OH is 1. The van der Waals surface area contributed by atoms with Crippen LogP contribution < -0.4 is 0 Å². The van der Waals surface area contributed by atoms with Gasteiger partial charge in [-0.2, -0.15) is 0 Å². The number of hydrogen-bond acceptors (Lipinski definition) is 1. The third-order valence-electron chi connectivity index (χ3n) is 2.25. The number of aliphatic hydroxyl groups is 1. The third kappa shape index (κ3) is 2.35. The first-order valence-corrected chi connectivity index (χ1v) is 4.38. The van der Waals surface area contributed by atoms with Crippen LogP contribution in [0.25, 0.3) is 0 Å². The van der Waals surface area contributed by atoms with Crippen molar-refractivity contribution in [3.05, 3.63) is 34.9 Å². The molecular weight excluding hydrogens is 148 g/mol. The van der Waals surface area contributed by atoms with Gasteiger partial charge in [-0.25, -0.2) is 0 Å². The Kier molecular flexibility index (Phi) is 3.30. The van der Waals surface area contributed by atoms with E-state index in [1.54, 1.807) is 0 Å². The van der Waals surface area contributed by atoms with Crippen molar-refractivity contribution < 1.29 is 5.11 Å². The molecule has 0 aliphatic heterocycles. The summed E-state index contributed by atoms with van der Waals surface area (Å²) in [7, 11) is 0. The van der Waals surface area contributed by atoms with Crippen molar-refractivity contribution in [3.63, 3.8) is 0 Å². The lowest BCUT2D eigenvalue weighted by molar-refractivity contribution is 0.326. The Hall–Kier alpha value is -0.820. The van der Waals surface area contributed by atoms with Crippen molar-refractivity contribution in [2.24, 2.45) is 0 Å². The van der Waals surface area contributed by atoms with Crippen LogP contribution in [-0.2, 0) is 0 Å². The van der Waals surface area contributed by atoms with Crippen molar-refractivity contribution in [2.45, 2.75) is 26.7 Å². The molecule has 1 aliphatic rings. The van der Waals surface area contributed by atoms with E-state index in [1.807, 2.05) is 0 Å². The van der Waals surface area contributed by atoms with Crippen LogP contribution in [0.15, 0.2) is 34.9 Å². The van der Waals surface area contributed by atoms with Crippen LogP contribution in [0, 0.1) is 0 Å². The molecule has 0 atom stereocenters. The normalized spacial score (nSPS) is 31.8. The molecule has 1 rings (SSSR count). The van der Waals surface area contributed by atoms with Gasteiger partial charge in [0.25, 0.3) is 0 Å². The van der Waals surface area contributed by atoms with E-state index in [0.717, 1.165) is 18.4 Å². The molecule has 0 amide bonds. The highest BCUT2D eigenvalue weighted by Crippen LogP contribution is 2.16. The first kappa shape index (κ1) is 9.27. The highest BCUT2D eigenvalue weighted by molar-refractivity contribution is 5.34. The zero-order valence-electron chi connectivity index (χ0n) is 7.80. The fourth-order valence-electron chi connectivity index (χ4n) is 1.28. The minimum absolute atomic E-state index is 0.193. The van der Waals surface area contributed by atoms with Gasteiger partial charge in [0.1, 0.15) is 0 Å². The summed E-state index contributed by atoms with van der Waals surface area (Å²) in [6, 6.07) is 0. The maximum atomic E-state index is 9.00. The molecule has 0 spiro atoms. The van der Waals surface area contributed by atoms with Crippen LogP contribution in [0.1, 0.15) is 26.7 Å². The molecule has 12 heavy (non-hydrogen) atoms. The van der Waals surface area contributed by atoms with E-state index in [4.69, 9.17) is 5.11 Å². The van der Waals surface area contributed by atoms with Crippen LogP contribution in [0.3, 0.4) is 0 Å². The Morgan fingerprint density at radius 2 is 2.08 bits per heavy atom. The van der Waals surface area contributed by atoms with Gasteiger partial charge >= 0.3 is 0 Å². The second-order valence-corrected chi connectivity index (χ2v) is 3.27. The van der Waals surface area contributed by atoms with Crippen LogP contribution in [-0.4, -0.2) is 11.7 Å². The Morgan fingerprint density at radius 3 is 2.75 bits per heavy atom. The van der Waals surface area contributed by atoms with Crippen LogP contribution in [0.4, 0.5) is 0 Å². The molecule has 66 valence electrons. The lowest BCUT2D eigenvalue weighted by Gasteiger charge is -2.07. The number of rotatable bonds is 1. The maximum Gasteiger partial charge on any atom is 0.0645 e. The minimum atomic E-state index is 0.193. The molecule has 0 heterocycles. The van der Waals surface area contributed by atoms with E-state index in [-0.39, 0.29) is 6.61 Å². The quantitative estimate of drug-likeness (QED) is 0.631. The van der Waals surface area contributed by atoms with Crippen LogP contribution >= 0.6 is 0 Å². The van der Waals surface area contributed by atoms with Crippen LogP contribution in [0.5, 0.6) is 0 Å². The van der Waals surface area contributed by atoms with Crippen molar-refractivity contribution in [1.29, 1.82) is 0 Å². The van der Waals surface area contributed by atoms with Crippen molar-refractivity contribution >= 4 is 0 Å². The van der Waals surface area contributed by atoms with Gasteiger partial charge in [0.05, 0.1) is 6.61 Å². The van der Waals surface area contributed by atoms with E-state index < -0.39 is 0 Å². The highest BCUT2D eigenvalue weighted by Gasteiger charge is 1.99. The van der Waals surface area contributed by atoms with E-state index in [9.17, 15) is 0 Å². The largest absolute Gasteiger partial charge is 0.392 e. The average molecular weight is 164 g/mol. The van der Waals surface area contributed by atoms with Crippen molar-refractivity contribution in [2.75, 3.05) is 6.61 Å². The Bertz CT molecular complexity index is 244. The maximum absolute atomic E-state index is 9.00. The molecule has 1 heteroatoms. The molecule has 1 nitrogen and oxygen atoms in total. The first-order valence-electron chi connectivity index (χ1n) is 4.38. The molecular formula is C11H16O. The molecule has 1 aliphatic carbocycles. The van der Waals surface area contributed by atoms with Gasteiger partial charge in [0.15, 0.2) is 0 Å². The topological polar surface area (TPSA) is 20.2 Å². The van der Waals surface area contributed by atoms with Gasteiger partial charge in [0, 0.05) is 0 Å². The summed E-state index contributed by atoms with van der Waals surface area (Å²) < 4.78 is 0. The third-order valence-corrected chi connectivity index (χ3v) is 2.25. The summed E-state index contributed by atoms with van der Waals surface area (Å²) in [5.74, 6) is 0. The van der Waals surface area contributed by atoms with E-state index in [2.05, 4.69) is 32.1 Å². The van der Waals surface area contributed by atoms with Gasteiger partial charge in [-0.1, -0.05) is 18.2 Å². The molecule has 0 saturated carbocycles. The molecule has 0 aromatic heterocycles. The highest BCUT2D eigenvalue weighted by atomic mass is 16.3. The van der Waals surface area contributed by atoms with Crippen LogP contribution in [0.2, 0.25) is 0 Å². The smallest absolute Gasteiger partial charge is 0.0645 e. The second-order valence-electron chi connectivity index (χ2n) is 3.27. The summed E-state index contributed by atoms with van der Waals surface area (Å²) in [5.41, 5.74) is 3.69. The predicted octanol–water partition coefficient (Wildman–Crippen LogP) is 2.59. The van der Waals surface area contributed by atoms with Gasteiger partial charge in [-0.15, -0.1) is 0 Å². The van der Waals surface area contributed by atoms with Gasteiger partial charge in [-0.05, 0) is 43.4 Å². The van der Waals surface area contributed by atoms with Gasteiger partial charge in [0.2, 0.25) is 0 Å². The lowest BCUT2D eigenvalue weighted by Crippen LogP contribution is -1.93. The molecule has 0 aromatic carbocycles. The summed E-state index contributed by atoms with van der Waals surface area (Å²) in [4.78, 5) is 0. The molecule has 1 N–H and O–H groups in total. The van der Waals surface area contributed by atoms with E-state index in [1.165, 1.54) is 11.1 Å². The standard InChI is InChI=1S/C11H16O/c1-9-5-3-4-6-11(8-12)7-10(9)2/h3,5,7,12H,4,6,8H2,1-2H3/b5-3-,10-9-,11-7+. The summed E-state index contributed by atoms with van der Waals surface area (Å²) in [6.45, 7) is 4.38. The average Bonchev–Trinajstić information content (AvgIpc) is 2.06. The molecule has 0 unspecified atom stereocenters. The number of hydrogen-bond donors (Lipinski definition) is 1. The molecule has 0 saturated heterocycles. The van der Waals surface area contributed by atoms with Crippen molar-refractivity contribution in [3.8, 4) is 0 Å². The van der Waals surface area contributed by atoms with Crippen molar-refractivity contribution in [1.82, 2.24) is 0 Å². The summed E-state index contributed by atoms with van der Waals surface area (Å²) in [6.07, 6.45) is 8.44.